The van der Waals surface area contributed by atoms with Crippen LogP contribution in [0.1, 0.15) is 18.4 Å². The number of ketones is 1. The van der Waals surface area contributed by atoms with Gasteiger partial charge in [0.15, 0.2) is 12.0 Å². The third-order valence-corrected chi connectivity index (χ3v) is 4.29. The first-order valence-corrected chi connectivity index (χ1v) is 8.49. The lowest BCUT2D eigenvalue weighted by Gasteiger charge is -2.20. The van der Waals surface area contributed by atoms with Crippen molar-refractivity contribution in [2.45, 2.75) is 25.6 Å². The highest BCUT2D eigenvalue weighted by molar-refractivity contribution is 5.93. The van der Waals surface area contributed by atoms with Crippen molar-refractivity contribution >= 4 is 11.7 Å². The zero-order valence-corrected chi connectivity index (χ0v) is 14.3. The summed E-state index contributed by atoms with van der Waals surface area (Å²) in [6.45, 7) is 1.47. The number of likely N-dealkylation sites (N-methyl/N-ethyl adjacent to an activating group) is 1. The van der Waals surface area contributed by atoms with Crippen molar-refractivity contribution < 1.29 is 14.3 Å². The summed E-state index contributed by atoms with van der Waals surface area (Å²) in [7, 11) is 1.94. The second-order valence-electron chi connectivity index (χ2n) is 6.18. The number of carbonyl (C=O) groups is 2. The van der Waals surface area contributed by atoms with Crippen LogP contribution in [0.2, 0.25) is 0 Å². The van der Waals surface area contributed by atoms with Crippen LogP contribution < -0.4 is 10.6 Å². The predicted molar refractivity (Wildman–Crippen MR) is 94.2 cm³/mol. The molecule has 132 valence electrons. The molecule has 0 bridgehead atoms. The van der Waals surface area contributed by atoms with Crippen LogP contribution in [0.15, 0.2) is 53.9 Å². The van der Waals surface area contributed by atoms with E-state index in [1.807, 2.05) is 48.4 Å². The molecule has 2 aliphatic rings. The Morgan fingerprint density at radius 1 is 1.32 bits per heavy atom. The molecule has 6 heteroatoms. The molecule has 25 heavy (non-hydrogen) atoms. The third kappa shape index (κ3) is 4.48. The maximum absolute atomic E-state index is 11.9. The molecule has 2 N–H and O–H groups in total. The van der Waals surface area contributed by atoms with Crippen LogP contribution in [0.5, 0.6) is 0 Å². The minimum absolute atomic E-state index is 0.0393. The Bertz CT molecular complexity index is 697. The Morgan fingerprint density at radius 3 is 2.92 bits per heavy atom. The van der Waals surface area contributed by atoms with Gasteiger partial charge in [-0.1, -0.05) is 30.3 Å². The molecule has 1 fully saturated rings. The van der Waals surface area contributed by atoms with Gasteiger partial charge in [0.05, 0.1) is 12.2 Å². The Hall–Kier alpha value is -2.60. The fourth-order valence-corrected chi connectivity index (χ4v) is 2.94. The summed E-state index contributed by atoms with van der Waals surface area (Å²) in [5, 5.41) is 6.02. The van der Waals surface area contributed by atoms with E-state index >= 15 is 0 Å². The van der Waals surface area contributed by atoms with Gasteiger partial charge in [0.25, 0.3) is 0 Å². The largest absolute Gasteiger partial charge is 0.468 e. The minimum Gasteiger partial charge on any atom is -0.468 e. The van der Waals surface area contributed by atoms with Gasteiger partial charge in [-0.3, -0.25) is 9.59 Å². The Balaban J connectivity index is 1.36. The minimum atomic E-state index is -0.152. The topological polar surface area (TPSA) is 70.7 Å². The van der Waals surface area contributed by atoms with E-state index < -0.39 is 0 Å². The molecular weight excluding hydrogens is 318 g/mol. The molecule has 1 saturated heterocycles. The lowest BCUT2D eigenvalue weighted by molar-refractivity contribution is -0.120. The second kappa shape index (κ2) is 7.98. The van der Waals surface area contributed by atoms with E-state index in [1.54, 1.807) is 6.08 Å². The molecule has 1 aromatic rings. The molecule has 0 radical (unpaired) electrons. The molecule has 1 heterocycles. The molecule has 0 aromatic heterocycles. The quantitative estimate of drug-likeness (QED) is 0.783. The highest BCUT2D eigenvalue weighted by Crippen LogP contribution is 2.32. The number of rotatable bonds is 7. The Labute approximate surface area is 147 Å². The number of nitrogens with one attached hydrogen (secondary N) is 2. The van der Waals surface area contributed by atoms with Crippen molar-refractivity contribution in [3.8, 4) is 0 Å². The van der Waals surface area contributed by atoms with Gasteiger partial charge in [-0.25, -0.2) is 0 Å². The smallest absolute Gasteiger partial charge is 0.233 e. The van der Waals surface area contributed by atoms with Gasteiger partial charge in [0, 0.05) is 39.1 Å². The maximum atomic E-state index is 11.9. The summed E-state index contributed by atoms with van der Waals surface area (Å²) in [6, 6.07) is 9.96. The monoisotopic (exact) mass is 341 g/mol. The zero-order chi connectivity index (χ0) is 17.6. The van der Waals surface area contributed by atoms with Gasteiger partial charge in [0.2, 0.25) is 5.91 Å². The number of carbonyl (C=O) groups excluding carboxylic acids is 2. The Kier molecular flexibility index (Phi) is 5.50. The van der Waals surface area contributed by atoms with Crippen LogP contribution in [0.3, 0.4) is 0 Å². The molecule has 0 saturated carbocycles. The van der Waals surface area contributed by atoms with E-state index in [4.69, 9.17) is 4.74 Å². The highest BCUT2D eigenvalue weighted by Gasteiger charge is 2.32. The summed E-state index contributed by atoms with van der Waals surface area (Å²) in [5.74, 6) is 0.660. The van der Waals surface area contributed by atoms with Gasteiger partial charge in [0.1, 0.15) is 5.76 Å². The summed E-state index contributed by atoms with van der Waals surface area (Å²) in [6.07, 6.45) is 4.37. The third-order valence-electron chi connectivity index (χ3n) is 4.29. The fraction of sp³-hybridized carbons (Fsp3) is 0.368. The molecule has 6 nitrogen and oxygen atoms in total. The number of benzene rings is 1. The zero-order valence-electron chi connectivity index (χ0n) is 14.3. The van der Waals surface area contributed by atoms with E-state index in [0.717, 1.165) is 11.3 Å². The van der Waals surface area contributed by atoms with E-state index in [2.05, 4.69) is 10.6 Å². The van der Waals surface area contributed by atoms with Crippen molar-refractivity contribution in [3.63, 3.8) is 0 Å². The summed E-state index contributed by atoms with van der Waals surface area (Å²) >= 11 is 0. The molecule has 3 rings (SSSR count). The molecule has 1 aromatic carbocycles. The van der Waals surface area contributed by atoms with Crippen LogP contribution in [0.4, 0.5) is 0 Å². The number of allylic oxidation sites excluding steroid dienone is 2. The van der Waals surface area contributed by atoms with Crippen molar-refractivity contribution in [3.05, 3.63) is 59.5 Å². The average molecular weight is 341 g/mol. The molecular formula is C19H23N3O3. The number of fused-ring (bicyclic) bond motifs is 1. The highest BCUT2D eigenvalue weighted by atomic mass is 16.5. The second-order valence-corrected chi connectivity index (χ2v) is 6.18. The lowest BCUT2D eigenvalue weighted by Crippen LogP contribution is -2.36. The molecule has 0 spiro atoms. The summed E-state index contributed by atoms with van der Waals surface area (Å²) in [4.78, 5) is 25.3. The molecule has 1 atom stereocenters. The van der Waals surface area contributed by atoms with Crippen LogP contribution in [0.25, 0.3) is 0 Å². The number of hydrogen-bond donors (Lipinski definition) is 2. The lowest BCUT2D eigenvalue weighted by atomic mass is 10.1. The van der Waals surface area contributed by atoms with E-state index in [-0.39, 0.29) is 24.5 Å². The number of amides is 1. The first kappa shape index (κ1) is 17.2. The Morgan fingerprint density at radius 2 is 2.12 bits per heavy atom. The number of ether oxygens (including phenoxy) is 1. The van der Waals surface area contributed by atoms with Crippen LogP contribution in [-0.2, 0) is 20.9 Å². The van der Waals surface area contributed by atoms with Crippen molar-refractivity contribution in [1.82, 2.24) is 15.5 Å². The average Bonchev–Trinajstić information content (AvgIpc) is 2.91. The van der Waals surface area contributed by atoms with Gasteiger partial charge >= 0.3 is 0 Å². The predicted octanol–water partition coefficient (Wildman–Crippen LogP) is 1.31. The SMILES string of the molecule is CN1C2=CCC(=O)C=C2OC1CCNC(=O)CNCc1ccccc1. The number of nitrogens with zero attached hydrogens (tertiary/aromatic N) is 1. The first-order valence-electron chi connectivity index (χ1n) is 8.49. The molecule has 1 aliphatic heterocycles. The molecule has 1 aliphatic carbocycles. The van der Waals surface area contributed by atoms with Crippen molar-refractivity contribution in [2.24, 2.45) is 0 Å². The van der Waals surface area contributed by atoms with E-state index in [1.165, 1.54) is 0 Å². The van der Waals surface area contributed by atoms with E-state index in [0.29, 0.717) is 31.7 Å². The van der Waals surface area contributed by atoms with Crippen molar-refractivity contribution in [1.29, 1.82) is 0 Å². The molecule has 1 unspecified atom stereocenters. The van der Waals surface area contributed by atoms with Crippen molar-refractivity contribution in [2.75, 3.05) is 20.1 Å². The van der Waals surface area contributed by atoms with Gasteiger partial charge < -0.3 is 20.3 Å². The summed E-state index contributed by atoms with van der Waals surface area (Å²) < 4.78 is 5.80. The van der Waals surface area contributed by atoms with Crippen LogP contribution >= 0.6 is 0 Å². The summed E-state index contributed by atoms with van der Waals surface area (Å²) in [5.41, 5.74) is 2.11. The number of hydrogen-bond acceptors (Lipinski definition) is 5. The van der Waals surface area contributed by atoms with Gasteiger partial charge in [-0.05, 0) is 11.6 Å². The fourth-order valence-electron chi connectivity index (χ4n) is 2.94. The normalized spacial score (nSPS) is 19.0. The standard InChI is InChI=1S/C19H23N3O3/c1-22-16-8-7-15(23)11-17(16)25-19(22)9-10-21-18(24)13-20-12-14-5-3-2-4-6-14/h2-6,8,11,19-20H,7,9-10,12-13H2,1H3,(H,21,24). The first-order chi connectivity index (χ1) is 12.1. The van der Waals surface area contributed by atoms with E-state index in [9.17, 15) is 9.59 Å². The van der Waals surface area contributed by atoms with Gasteiger partial charge in [-0.2, -0.15) is 0 Å². The maximum Gasteiger partial charge on any atom is 0.233 e. The van der Waals surface area contributed by atoms with Gasteiger partial charge in [-0.15, -0.1) is 0 Å². The molecule has 1 amide bonds. The van der Waals surface area contributed by atoms with Crippen LogP contribution in [-0.4, -0.2) is 43.0 Å². The van der Waals surface area contributed by atoms with Crippen LogP contribution in [0, 0.1) is 0 Å².